The van der Waals surface area contributed by atoms with Crippen LogP contribution in [-0.2, 0) is 12.8 Å². The molecule has 3 aromatic heterocycles. The lowest BCUT2D eigenvalue weighted by atomic mass is 10.1. The fourth-order valence-electron chi connectivity index (χ4n) is 2.83. The van der Waals surface area contributed by atoms with E-state index in [1.165, 1.54) is 11.3 Å². The molecule has 0 bridgehead atoms. The number of hydrogen-bond donors (Lipinski definition) is 1. The molecule has 4 aromatic rings. The molecule has 7 nitrogen and oxygen atoms in total. The van der Waals surface area contributed by atoms with E-state index >= 15 is 0 Å². The average Bonchev–Trinajstić information content (AvgIpc) is 3.37. The molecule has 1 N–H and O–H groups in total. The topological polar surface area (TPSA) is 85.1 Å². The van der Waals surface area contributed by atoms with Crippen LogP contribution < -0.4 is 5.32 Å². The lowest BCUT2D eigenvalue weighted by Crippen LogP contribution is -2.11. The van der Waals surface area contributed by atoms with Gasteiger partial charge in [-0.3, -0.25) is 4.79 Å². The minimum atomic E-state index is -0.218. The van der Waals surface area contributed by atoms with E-state index in [0.29, 0.717) is 17.2 Å². The standard InChI is InChI=1S/C19H18N6OS/c1-3-14-15(4-2)24-25-9-16(23-19(25)22-14)12-5-7-13(8-6-12)21-18(26)17-10-27-11-20-17/h5-11H,3-4H2,1-2H3,(H,21,26). The summed E-state index contributed by atoms with van der Waals surface area (Å²) in [5, 5.41) is 9.18. The summed E-state index contributed by atoms with van der Waals surface area (Å²) in [5.74, 6) is 0.379. The summed E-state index contributed by atoms with van der Waals surface area (Å²) in [6.07, 6.45) is 3.55. The number of imidazole rings is 1. The van der Waals surface area contributed by atoms with Crippen LogP contribution in [0.2, 0.25) is 0 Å². The molecular weight excluding hydrogens is 360 g/mol. The van der Waals surface area contributed by atoms with Gasteiger partial charge in [-0.1, -0.05) is 26.0 Å². The van der Waals surface area contributed by atoms with Gasteiger partial charge in [0.25, 0.3) is 11.7 Å². The molecule has 0 aliphatic rings. The number of benzene rings is 1. The molecule has 8 heteroatoms. The molecule has 4 rings (SSSR count). The molecule has 1 amide bonds. The van der Waals surface area contributed by atoms with Crippen molar-refractivity contribution >= 4 is 28.7 Å². The number of fused-ring (bicyclic) bond motifs is 1. The first-order valence-corrected chi connectivity index (χ1v) is 9.67. The van der Waals surface area contributed by atoms with Crippen molar-refractivity contribution in [3.8, 4) is 11.3 Å². The number of aromatic nitrogens is 5. The zero-order chi connectivity index (χ0) is 18.8. The van der Waals surface area contributed by atoms with E-state index in [4.69, 9.17) is 0 Å². The molecule has 0 spiro atoms. The summed E-state index contributed by atoms with van der Waals surface area (Å²) in [6, 6.07) is 7.53. The van der Waals surface area contributed by atoms with Crippen LogP contribution >= 0.6 is 11.3 Å². The molecule has 3 heterocycles. The van der Waals surface area contributed by atoms with Gasteiger partial charge in [-0.15, -0.1) is 11.3 Å². The fourth-order valence-corrected chi connectivity index (χ4v) is 3.36. The summed E-state index contributed by atoms with van der Waals surface area (Å²) < 4.78 is 1.73. The van der Waals surface area contributed by atoms with E-state index < -0.39 is 0 Å². The van der Waals surface area contributed by atoms with Gasteiger partial charge in [0, 0.05) is 16.6 Å². The second-order valence-corrected chi connectivity index (χ2v) is 6.71. The third kappa shape index (κ3) is 3.43. The Morgan fingerprint density at radius 3 is 2.56 bits per heavy atom. The number of nitrogens with zero attached hydrogens (tertiary/aromatic N) is 5. The summed E-state index contributed by atoms with van der Waals surface area (Å²) >= 11 is 1.39. The summed E-state index contributed by atoms with van der Waals surface area (Å²) in [5.41, 5.74) is 6.47. The maximum absolute atomic E-state index is 12.1. The van der Waals surface area contributed by atoms with Crippen molar-refractivity contribution < 1.29 is 4.79 Å². The number of nitrogens with one attached hydrogen (secondary N) is 1. The number of aryl methyl sites for hydroxylation is 2. The highest BCUT2D eigenvalue weighted by atomic mass is 32.1. The lowest BCUT2D eigenvalue weighted by molar-refractivity contribution is 0.102. The summed E-state index contributed by atoms with van der Waals surface area (Å²) in [7, 11) is 0. The predicted octanol–water partition coefficient (Wildman–Crippen LogP) is 3.62. The number of hydrogen-bond acceptors (Lipinski definition) is 6. The van der Waals surface area contributed by atoms with E-state index in [2.05, 4.69) is 39.2 Å². The van der Waals surface area contributed by atoms with Gasteiger partial charge in [0.2, 0.25) is 0 Å². The lowest BCUT2D eigenvalue weighted by Gasteiger charge is -2.04. The molecule has 0 radical (unpaired) electrons. The number of anilines is 1. The first kappa shape index (κ1) is 17.3. The van der Waals surface area contributed by atoms with E-state index in [0.717, 1.165) is 35.5 Å². The van der Waals surface area contributed by atoms with Crippen LogP contribution in [0.5, 0.6) is 0 Å². The van der Waals surface area contributed by atoms with Gasteiger partial charge >= 0.3 is 0 Å². The van der Waals surface area contributed by atoms with E-state index in [9.17, 15) is 4.79 Å². The molecule has 136 valence electrons. The number of carbonyl (C=O) groups excluding carboxylic acids is 1. The third-order valence-corrected chi connectivity index (χ3v) is 4.83. The zero-order valence-corrected chi connectivity index (χ0v) is 15.8. The Morgan fingerprint density at radius 1 is 1.11 bits per heavy atom. The summed E-state index contributed by atoms with van der Waals surface area (Å²) in [6.45, 7) is 4.15. The Labute approximate surface area is 160 Å². The van der Waals surface area contributed by atoms with E-state index in [1.54, 1.807) is 15.4 Å². The van der Waals surface area contributed by atoms with Crippen molar-refractivity contribution in [2.75, 3.05) is 5.32 Å². The van der Waals surface area contributed by atoms with Crippen molar-refractivity contribution in [2.45, 2.75) is 26.7 Å². The molecule has 1 aromatic carbocycles. The number of amides is 1. The van der Waals surface area contributed by atoms with Gasteiger partial charge in [0.05, 0.1) is 28.8 Å². The second kappa shape index (κ2) is 7.24. The van der Waals surface area contributed by atoms with Crippen LogP contribution in [0.3, 0.4) is 0 Å². The smallest absolute Gasteiger partial charge is 0.275 e. The normalized spacial score (nSPS) is 11.0. The van der Waals surface area contributed by atoms with Crippen molar-refractivity contribution in [2.24, 2.45) is 0 Å². The van der Waals surface area contributed by atoms with Gasteiger partial charge in [-0.05, 0) is 25.0 Å². The van der Waals surface area contributed by atoms with E-state index in [-0.39, 0.29) is 5.91 Å². The molecule has 0 saturated carbocycles. The van der Waals surface area contributed by atoms with Crippen molar-refractivity contribution in [1.29, 1.82) is 0 Å². The van der Waals surface area contributed by atoms with Gasteiger partial charge < -0.3 is 5.32 Å². The molecule has 0 aliphatic heterocycles. The largest absolute Gasteiger partial charge is 0.321 e. The first-order chi connectivity index (χ1) is 13.2. The Kier molecular flexibility index (Phi) is 4.64. The SMILES string of the molecule is CCc1nc2nc(-c3ccc(NC(=O)c4cscn4)cc3)cn2nc1CC. The fraction of sp³-hybridized carbons (Fsp3) is 0.211. The maximum atomic E-state index is 12.1. The molecule has 0 unspecified atom stereocenters. The maximum Gasteiger partial charge on any atom is 0.275 e. The highest BCUT2D eigenvalue weighted by Gasteiger charge is 2.11. The van der Waals surface area contributed by atoms with Crippen molar-refractivity contribution in [3.63, 3.8) is 0 Å². The quantitative estimate of drug-likeness (QED) is 0.573. The van der Waals surface area contributed by atoms with Gasteiger partial charge in [0.1, 0.15) is 5.69 Å². The van der Waals surface area contributed by atoms with Crippen LogP contribution in [0.15, 0.2) is 41.4 Å². The van der Waals surface area contributed by atoms with E-state index in [1.807, 2.05) is 30.5 Å². The first-order valence-electron chi connectivity index (χ1n) is 8.73. The Balaban J connectivity index is 1.59. The number of carbonyl (C=O) groups is 1. The highest BCUT2D eigenvalue weighted by Crippen LogP contribution is 2.21. The minimum Gasteiger partial charge on any atom is -0.321 e. The molecule has 27 heavy (non-hydrogen) atoms. The van der Waals surface area contributed by atoms with Crippen LogP contribution in [0.1, 0.15) is 35.7 Å². The highest BCUT2D eigenvalue weighted by molar-refractivity contribution is 7.07. The van der Waals surface area contributed by atoms with Crippen molar-refractivity contribution in [3.05, 3.63) is 58.4 Å². The molecule has 0 aliphatic carbocycles. The second-order valence-electron chi connectivity index (χ2n) is 5.99. The molecule has 0 fully saturated rings. The van der Waals surface area contributed by atoms with Crippen LogP contribution in [-0.4, -0.2) is 30.5 Å². The third-order valence-electron chi connectivity index (χ3n) is 4.24. The van der Waals surface area contributed by atoms with Crippen molar-refractivity contribution in [1.82, 2.24) is 24.6 Å². The van der Waals surface area contributed by atoms with Crippen LogP contribution in [0, 0.1) is 0 Å². The number of thiazole rings is 1. The van der Waals surface area contributed by atoms with Gasteiger partial charge in [-0.2, -0.15) is 5.10 Å². The Hall–Kier alpha value is -3.13. The van der Waals surface area contributed by atoms with Crippen LogP contribution in [0.4, 0.5) is 5.69 Å². The van der Waals surface area contributed by atoms with Crippen LogP contribution in [0.25, 0.3) is 17.0 Å². The van der Waals surface area contributed by atoms with Gasteiger partial charge in [0.15, 0.2) is 0 Å². The summed E-state index contributed by atoms with van der Waals surface area (Å²) in [4.78, 5) is 25.3. The Bertz CT molecular complexity index is 1040. The molecular formula is C19H18N6OS. The molecule has 0 atom stereocenters. The predicted molar refractivity (Wildman–Crippen MR) is 105 cm³/mol. The number of rotatable bonds is 5. The van der Waals surface area contributed by atoms with Gasteiger partial charge in [-0.25, -0.2) is 19.5 Å². The monoisotopic (exact) mass is 378 g/mol. The Morgan fingerprint density at radius 2 is 1.89 bits per heavy atom. The minimum absolute atomic E-state index is 0.218. The zero-order valence-electron chi connectivity index (χ0n) is 15.0. The average molecular weight is 378 g/mol. The molecule has 0 saturated heterocycles.